The number of rotatable bonds is 3. The van der Waals surface area contributed by atoms with Crippen molar-refractivity contribution in [3.05, 3.63) is 92.9 Å². The average Bonchev–Trinajstić information content (AvgIpc) is 3.29. The number of nitrogens with one attached hydrogen (secondary N) is 1. The first-order chi connectivity index (χ1) is 14.8. The molecule has 6 nitrogen and oxygen atoms in total. The van der Waals surface area contributed by atoms with Gasteiger partial charge < -0.3 is 9.88 Å². The molecule has 162 valence electrons. The molecule has 0 atom stereocenters. The topological polar surface area (TPSA) is 79.2 Å². The van der Waals surface area contributed by atoms with Gasteiger partial charge in [-0.2, -0.15) is 13.2 Å². The second-order valence-corrected chi connectivity index (χ2v) is 6.96. The van der Waals surface area contributed by atoms with Gasteiger partial charge in [-0.15, -0.1) is 0 Å². The number of anilines is 1. The molecule has 0 aliphatic carbocycles. The van der Waals surface area contributed by atoms with Crippen LogP contribution in [0.25, 0.3) is 11.1 Å². The molecule has 1 aromatic heterocycles. The number of nitrogens with zero attached hydrogens (tertiary/aromatic N) is 2. The summed E-state index contributed by atoms with van der Waals surface area (Å²) < 4.78 is 35.4. The predicted molar refractivity (Wildman–Crippen MR) is 112 cm³/mol. The van der Waals surface area contributed by atoms with Crippen LogP contribution in [-0.2, 0) is 6.18 Å². The molecule has 9 heteroatoms. The van der Waals surface area contributed by atoms with E-state index in [1.54, 1.807) is 6.07 Å². The lowest BCUT2D eigenvalue weighted by Crippen LogP contribution is -2.18. The van der Waals surface area contributed by atoms with Crippen LogP contribution in [0.2, 0.25) is 0 Å². The summed E-state index contributed by atoms with van der Waals surface area (Å²) in [6, 6.07) is 16.9. The number of benzene rings is 2. The Morgan fingerprint density at radius 3 is 2.16 bits per heavy atom. The first-order valence-electron chi connectivity index (χ1n) is 9.60. The van der Waals surface area contributed by atoms with Gasteiger partial charge in [-0.25, -0.2) is 0 Å². The van der Waals surface area contributed by atoms with Gasteiger partial charge in [0.1, 0.15) is 5.69 Å². The standard InChI is InChI=1S/C16H16N2O2.C6H4F3NO/c19-18(20)16-12-14(13-6-2-1-3-7-13)8-9-15(16)17-10-4-5-11-17;7-6(8,9)4-1-2-5(11)10-3-4/h1-3,6-9,12H,4-5,10-11H2;1-3H,(H,10,11). The predicted octanol–water partition coefficient (Wildman–Crippen LogP) is 5.26. The van der Waals surface area contributed by atoms with Crippen molar-refractivity contribution in [2.24, 2.45) is 0 Å². The van der Waals surface area contributed by atoms with Gasteiger partial charge in [0, 0.05) is 31.4 Å². The molecular weight excluding hydrogens is 411 g/mol. The largest absolute Gasteiger partial charge is 0.417 e. The highest BCUT2D eigenvalue weighted by Gasteiger charge is 2.30. The van der Waals surface area contributed by atoms with Crippen molar-refractivity contribution >= 4 is 11.4 Å². The van der Waals surface area contributed by atoms with E-state index in [1.165, 1.54) is 0 Å². The van der Waals surface area contributed by atoms with Crippen LogP contribution in [0, 0.1) is 10.1 Å². The van der Waals surface area contributed by atoms with Gasteiger partial charge in [0.05, 0.1) is 10.5 Å². The highest BCUT2D eigenvalue weighted by Crippen LogP contribution is 2.34. The Bertz CT molecular complexity index is 1070. The van der Waals surface area contributed by atoms with Gasteiger partial charge in [0.2, 0.25) is 5.56 Å². The van der Waals surface area contributed by atoms with E-state index in [2.05, 4.69) is 4.90 Å². The summed E-state index contributed by atoms with van der Waals surface area (Å²) in [6.45, 7) is 1.82. The molecule has 1 aliphatic heterocycles. The fourth-order valence-electron chi connectivity index (χ4n) is 3.29. The van der Waals surface area contributed by atoms with Gasteiger partial charge in [0.15, 0.2) is 0 Å². The van der Waals surface area contributed by atoms with Crippen LogP contribution >= 0.6 is 0 Å². The number of halogens is 3. The van der Waals surface area contributed by atoms with Crippen LogP contribution in [0.1, 0.15) is 18.4 Å². The number of H-pyrrole nitrogens is 1. The van der Waals surface area contributed by atoms with E-state index in [9.17, 15) is 28.1 Å². The lowest BCUT2D eigenvalue weighted by atomic mass is 10.0. The lowest BCUT2D eigenvalue weighted by molar-refractivity contribution is -0.384. The second-order valence-electron chi connectivity index (χ2n) is 6.96. The third-order valence-corrected chi connectivity index (χ3v) is 4.84. The molecular formula is C22H20F3N3O3. The average molecular weight is 431 g/mol. The van der Waals surface area contributed by atoms with E-state index in [4.69, 9.17) is 0 Å². The summed E-state index contributed by atoms with van der Waals surface area (Å²) in [7, 11) is 0. The van der Waals surface area contributed by atoms with Crippen molar-refractivity contribution < 1.29 is 18.1 Å². The van der Waals surface area contributed by atoms with Gasteiger partial charge in [-0.05, 0) is 36.1 Å². The molecule has 4 rings (SSSR count). The number of hydrogen-bond acceptors (Lipinski definition) is 4. The second kappa shape index (κ2) is 9.46. The van der Waals surface area contributed by atoms with Crippen LogP contribution < -0.4 is 10.5 Å². The quantitative estimate of drug-likeness (QED) is 0.453. The highest BCUT2D eigenvalue weighted by atomic mass is 19.4. The van der Waals surface area contributed by atoms with Crippen LogP contribution in [-0.4, -0.2) is 23.0 Å². The number of aromatic nitrogens is 1. The SMILES string of the molecule is O=[N+]([O-])c1cc(-c2ccccc2)ccc1N1CCCC1.O=c1ccc(C(F)(F)F)c[nH]1. The zero-order valence-corrected chi connectivity index (χ0v) is 16.4. The molecule has 0 amide bonds. The summed E-state index contributed by atoms with van der Waals surface area (Å²) in [5.74, 6) is 0. The first-order valence-corrected chi connectivity index (χ1v) is 9.60. The maximum atomic E-state index is 11.8. The van der Waals surface area contributed by atoms with E-state index < -0.39 is 17.3 Å². The number of hydrogen-bond donors (Lipinski definition) is 1. The molecule has 0 saturated carbocycles. The third-order valence-electron chi connectivity index (χ3n) is 4.84. The van der Waals surface area contributed by atoms with Crippen LogP contribution in [0.4, 0.5) is 24.5 Å². The normalized spacial score (nSPS) is 13.5. The van der Waals surface area contributed by atoms with E-state index in [0.29, 0.717) is 6.20 Å². The molecule has 0 spiro atoms. The van der Waals surface area contributed by atoms with E-state index in [-0.39, 0.29) is 10.6 Å². The van der Waals surface area contributed by atoms with Crippen LogP contribution in [0.15, 0.2) is 71.7 Å². The maximum Gasteiger partial charge on any atom is 0.417 e. The Morgan fingerprint density at radius 1 is 0.935 bits per heavy atom. The molecule has 31 heavy (non-hydrogen) atoms. The Balaban J connectivity index is 0.000000210. The molecule has 0 unspecified atom stereocenters. The van der Waals surface area contributed by atoms with E-state index >= 15 is 0 Å². The monoisotopic (exact) mass is 431 g/mol. The molecule has 1 aliphatic rings. The molecule has 1 saturated heterocycles. The maximum absolute atomic E-state index is 11.8. The number of alkyl halides is 3. The van der Waals surface area contributed by atoms with Gasteiger partial charge in [-0.1, -0.05) is 36.4 Å². The van der Waals surface area contributed by atoms with Crippen molar-refractivity contribution in [3.63, 3.8) is 0 Å². The summed E-state index contributed by atoms with van der Waals surface area (Å²) in [5, 5.41) is 11.3. The number of aromatic amines is 1. The summed E-state index contributed by atoms with van der Waals surface area (Å²) in [4.78, 5) is 25.4. The molecule has 2 heterocycles. The Morgan fingerprint density at radius 2 is 1.61 bits per heavy atom. The van der Waals surface area contributed by atoms with E-state index in [1.807, 2.05) is 47.4 Å². The molecule has 3 aromatic rings. The molecule has 1 fully saturated rings. The van der Waals surface area contributed by atoms with Gasteiger partial charge in [0.25, 0.3) is 5.69 Å². The van der Waals surface area contributed by atoms with E-state index in [0.717, 1.165) is 54.9 Å². The minimum atomic E-state index is -4.38. The number of nitro benzene ring substituents is 1. The summed E-state index contributed by atoms with van der Waals surface area (Å²) in [5.41, 5.74) is 1.44. The number of pyridine rings is 1. The minimum Gasteiger partial charge on any atom is -0.366 e. The van der Waals surface area contributed by atoms with Crippen molar-refractivity contribution in [1.82, 2.24) is 4.98 Å². The van der Waals surface area contributed by atoms with Crippen molar-refractivity contribution in [1.29, 1.82) is 0 Å². The summed E-state index contributed by atoms with van der Waals surface area (Å²) in [6.07, 6.45) is -1.53. The zero-order valence-electron chi connectivity index (χ0n) is 16.4. The highest BCUT2D eigenvalue weighted by molar-refractivity contribution is 5.74. The Hall–Kier alpha value is -3.62. The molecule has 0 radical (unpaired) electrons. The molecule has 1 N–H and O–H groups in total. The smallest absolute Gasteiger partial charge is 0.366 e. The number of nitro groups is 1. The van der Waals surface area contributed by atoms with Gasteiger partial charge in [-0.3, -0.25) is 14.9 Å². The molecule has 0 bridgehead atoms. The fraction of sp³-hybridized carbons (Fsp3) is 0.227. The van der Waals surface area contributed by atoms with Crippen molar-refractivity contribution in [3.8, 4) is 11.1 Å². The Labute approximate surface area is 176 Å². The molecule has 2 aromatic carbocycles. The lowest BCUT2D eigenvalue weighted by Gasteiger charge is -2.18. The van der Waals surface area contributed by atoms with Crippen molar-refractivity contribution in [2.75, 3.05) is 18.0 Å². The summed E-state index contributed by atoms with van der Waals surface area (Å²) >= 11 is 0. The third kappa shape index (κ3) is 5.71. The fourth-order valence-corrected chi connectivity index (χ4v) is 3.29. The van der Waals surface area contributed by atoms with Gasteiger partial charge >= 0.3 is 6.18 Å². The Kier molecular flexibility index (Phi) is 6.74. The van der Waals surface area contributed by atoms with Crippen LogP contribution in [0.5, 0.6) is 0 Å². The zero-order chi connectivity index (χ0) is 22.4. The van der Waals surface area contributed by atoms with Crippen LogP contribution in [0.3, 0.4) is 0 Å². The first kappa shape index (κ1) is 22.1. The minimum absolute atomic E-state index is 0.202. The van der Waals surface area contributed by atoms with Crippen molar-refractivity contribution in [2.45, 2.75) is 19.0 Å².